The predicted molar refractivity (Wildman–Crippen MR) is 68.0 cm³/mol. The Labute approximate surface area is 107 Å². The topological polar surface area (TPSA) is 103 Å². The minimum atomic E-state index is -0.597. The lowest BCUT2D eigenvalue weighted by molar-refractivity contribution is -0.385. The third kappa shape index (κ3) is 2.92. The highest BCUT2D eigenvalue weighted by molar-refractivity contribution is 5.42. The van der Waals surface area contributed by atoms with Crippen LogP contribution >= 0.6 is 0 Å². The van der Waals surface area contributed by atoms with E-state index < -0.39 is 10.6 Å². The summed E-state index contributed by atoms with van der Waals surface area (Å²) in [5.74, 6) is 0. The number of nitro groups is 1. The standard InChI is InChI=1S/C11H11N5O3/c1-12-8-2-3-13-9(4-8)6-15-7-10(16(18)19)5-14-11(15)17/h2-5,7H,6H2,1H3,(H,12,13). The Morgan fingerprint density at radius 3 is 2.95 bits per heavy atom. The molecule has 0 aliphatic rings. The average molecular weight is 261 g/mol. The number of hydrogen-bond acceptors (Lipinski definition) is 6. The Kier molecular flexibility index (Phi) is 3.51. The summed E-state index contributed by atoms with van der Waals surface area (Å²) in [7, 11) is 1.76. The molecule has 0 atom stereocenters. The van der Waals surface area contributed by atoms with Crippen LogP contribution in [-0.4, -0.2) is 26.5 Å². The monoisotopic (exact) mass is 261 g/mol. The molecule has 0 saturated carbocycles. The van der Waals surface area contributed by atoms with Crippen molar-refractivity contribution in [1.29, 1.82) is 0 Å². The van der Waals surface area contributed by atoms with E-state index in [2.05, 4.69) is 15.3 Å². The van der Waals surface area contributed by atoms with Gasteiger partial charge in [0, 0.05) is 18.9 Å². The van der Waals surface area contributed by atoms with Crippen molar-refractivity contribution in [2.24, 2.45) is 0 Å². The Morgan fingerprint density at radius 2 is 2.26 bits per heavy atom. The highest BCUT2D eigenvalue weighted by Gasteiger charge is 2.09. The molecule has 0 saturated heterocycles. The molecule has 0 bridgehead atoms. The van der Waals surface area contributed by atoms with E-state index in [1.807, 2.05) is 0 Å². The van der Waals surface area contributed by atoms with Gasteiger partial charge in [-0.15, -0.1) is 0 Å². The van der Waals surface area contributed by atoms with Crippen molar-refractivity contribution in [2.75, 3.05) is 12.4 Å². The smallest absolute Gasteiger partial charge is 0.348 e. The van der Waals surface area contributed by atoms with Crippen LogP contribution < -0.4 is 11.0 Å². The van der Waals surface area contributed by atoms with Crippen LogP contribution in [0, 0.1) is 10.1 Å². The normalized spacial score (nSPS) is 10.2. The van der Waals surface area contributed by atoms with Gasteiger partial charge in [0.1, 0.15) is 6.20 Å². The van der Waals surface area contributed by atoms with Crippen molar-refractivity contribution in [3.05, 3.63) is 57.0 Å². The van der Waals surface area contributed by atoms with Crippen LogP contribution in [-0.2, 0) is 6.54 Å². The van der Waals surface area contributed by atoms with E-state index in [4.69, 9.17) is 0 Å². The van der Waals surface area contributed by atoms with E-state index in [1.165, 1.54) is 0 Å². The first-order valence-corrected chi connectivity index (χ1v) is 5.43. The first-order valence-electron chi connectivity index (χ1n) is 5.43. The van der Waals surface area contributed by atoms with Crippen molar-refractivity contribution in [3.63, 3.8) is 0 Å². The van der Waals surface area contributed by atoms with E-state index in [0.29, 0.717) is 5.69 Å². The molecule has 0 unspecified atom stereocenters. The quantitative estimate of drug-likeness (QED) is 0.639. The molecule has 19 heavy (non-hydrogen) atoms. The van der Waals surface area contributed by atoms with Gasteiger partial charge in [-0.25, -0.2) is 4.79 Å². The highest BCUT2D eigenvalue weighted by atomic mass is 16.6. The molecule has 8 heteroatoms. The van der Waals surface area contributed by atoms with Crippen LogP contribution in [0.2, 0.25) is 0 Å². The van der Waals surface area contributed by atoms with Crippen molar-refractivity contribution < 1.29 is 4.92 Å². The molecule has 98 valence electrons. The van der Waals surface area contributed by atoms with Crippen LogP contribution in [0.1, 0.15) is 5.69 Å². The van der Waals surface area contributed by atoms with Crippen molar-refractivity contribution in [2.45, 2.75) is 6.54 Å². The van der Waals surface area contributed by atoms with Crippen molar-refractivity contribution in [3.8, 4) is 0 Å². The summed E-state index contributed by atoms with van der Waals surface area (Å²) in [5.41, 5.74) is 0.666. The van der Waals surface area contributed by atoms with Crippen molar-refractivity contribution in [1.82, 2.24) is 14.5 Å². The molecular weight excluding hydrogens is 250 g/mol. The Morgan fingerprint density at radius 1 is 1.47 bits per heavy atom. The van der Waals surface area contributed by atoms with Gasteiger partial charge >= 0.3 is 11.4 Å². The molecule has 2 heterocycles. The zero-order chi connectivity index (χ0) is 13.8. The number of rotatable bonds is 4. The van der Waals surface area contributed by atoms with Crippen LogP contribution in [0.5, 0.6) is 0 Å². The maximum atomic E-state index is 11.5. The lowest BCUT2D eigenvalue weighted by Crippen LogP contribution is -2.23. The van der Waals surface area contributed by atoms with Gasteiger partial charge < -0.3 is 5.32 Å². The predicted octanol–water partition coefficient (Wildman–Crippen LogP) is 0.636. The number of aromatic nitrogens is 3. The fraction of sp³-hybridized carbons (Fsp3) is 0.182. The first-order chi connectivity index (χ1) is 9.10. The third-order valence-corrected chi connectivity index (χ3v) is 2.49. The molecule has 2 aromatic rings. The summed E-state index contributed by atoms with van der Waals surface area (Å²) in [6, 6.07) is 3.53. The minimum absolute atomic E-state index is 0.128. The number of anilines is 1. The lowest BCUT2D eigenvalue weighted by atomic mass is 10.3. The van der Waals surface area contributed by atoms with Crippen LogP contribution in [0.15, 0.2) is 35.5 Å². The van der Waals surface area contributed by atoms with Gasteiger partial charge in [0.15, 0.2) is 0 Å². The molecule has 0 aromatic carbocycles. The average Bonchev–Trinajstić information content (AvgIpc) is 2.41. The molecular formula is C11H11N5O3. The molecule has 0 fully saturated rings. The lowest BCUT2D eigenvalue weighted by Gasteiger charge is -2.05. The summed E-state index contributed by atoms with van der Waals surface area (Å²) in [6.07, 6.45) is 3.69. The van der Waals surface area contributed by atoms with Crippen LogP contribution in [0.3, 0.4) is 0 Å². The summed E-state index contributed by atoms with van der Waals surface area (Å²) in [5, 5.41) is 13.6. The van der Waals surface area contributed by atoms with E-state index in [9.17, 15) is 14.9 Å². The summed E-state index contributed by atoms with van der Waals surface area (Å²) >= 11 is 0. The van der Waals surface area contributed by atoms with Crippen molar-refractivity contribution >= 4 is 11.4 Å². The number of pyridine rings is 1. The van der Waals surface area contributed by atoms with Crippen LogP contribution in [0.4, 0.5) is 11.4 Å². The first kappa shape index (κ1) is 12.7. The third-order valence-electron chi connectivity index (χ3n) is 2.49. The molecule has 0 aliphatic carbocycles. The summed E-state index contributed by atoms with van der Waals surface area (Å²) in [6.45, 7) is 0.128. The maximum absolute atomic E-state index is 11.5. The van der Waals surface area contributed by atoms with E-state index in [1.54, 1.807) is 25.4 Å². The number of nitrogens with one attached hydrogen (secondary N) is 1. The minimum Gasteiger partial charge on any atom is -0.388 e. The molecule has 1 N–H and O–H groups in total. The molecule has 0 spiro atoms. The summed E-state index contributed by atoms with van der Waals surface area (Å²) in [4.78, 5) is 29.1. The number of nitrogens with zero attached hydrogens (tertiary/aromatic N) is 4. The Balaban J connectivity index is 2.34. The fourth-order valence-corrected chi connectivity index (χ4v) is 1.55. The molecule has 2 rings (SSSR count). The fourth-order valence-electron chi connectivity index (χ4n) is 1.55. The van der Waals surface area contributed by atoms with Gasteiger partial charge in [0.05, 0.1) is 23.4 Å². The maximum Gasteiger partial charge on any atom is 0.348 e. The Bertz CT molecular complexity index is 667. The molecule has 8 nitrogen and oxygen atoms in total. The van der Waals surface area contributed by atoms with Gasteiger partial charge in [-0.05, 0) is 12.1 Å². The zero-order valence-corrected chi connectivity index (χ0v) is 10.1. The highest BCUT2D eigenvalue weighted by Crippen LogP contribution is 2.09. The van der Waals surface area contributed by atoms with E-state index in [-0.39, 0.29) is 12.2 Å². The summed E-state index contributed by atoms with van der Waals surface area (Å²) < 4.78 is 1.15. The largest absolute Gasteiger partial charge is 0.388 e. The number of hydrogen-bond donors (Lipinski definition) is 1. The second-order valence-corrected chi connectivity index (χ2v) is 3.77. The van der Waals surface area contributed by atoms with Gasteiger partial charge in [0.25, 0.3) is 0 Å². The molecule has 0 radical (unpaired) electrons. The van der Waals surface area contributed by atoms with Gasteiger partial charge in [-0.3, -0.25) is 19.7 Å². The second kappa shape index (κ2) is 5.25. The zero-order valence-electron chi connectivity index (χ0n) is 10.1. The van der Waals surface area contributed by atoms with Gasteiger partial charge in [0.2, 0.25) is 0 Å². The molecule has 0 amide bonds. The van der Waals surface area contributed by atoms with E-state index >= 15 is 0 Å². The van der Waals surface area contributed by atoms with E-state index in [0.717, 1.165) is 22.6 Å². The van der Waals surface area contributed by atoms with Gasteiger partial charge in [-0.1, -0.05) is 0 Å². The Hall–Kier alpha value is -2.77. The van der Waals surface area contributed by atoms with Crippen LogP contribution in [0.25, 0.3) is 0 Å². The molecule has 0 aliphatic heterocycles. The van der Waals surface area contributed by atoms with Gasteiger partial charge in [-0.2, -0.15) is 4.98 Å². The molecule has 2 aromatic heterocycles. The second-order valence-electron chi connectivity index (χ2n) is 3.77. The SMILES string of the molecule is CNc1ccnc(Cn2cc([N+](=O)[O-])cnc2=O)c1.